The molecule has 1 amide bonds. The van der Waals surface area contributed by atoms with Crippen LogP contribution in [0.2, 0.25) is 0 Å². The first-order valence-electron chi connectivity index (χ1n) is 9.33. The van der Waals surface area contributed by atoms with Crippen molar-refractivity contribution in [2.75, 3.05) is 19.6 Å². The lowest BCUT2D eigenvalue weighted by Crippen LogP contribution is -2.40. The van der Waals surface area contributed by atoms with Crippen molar-refractivity contribution in [1.82, 2.24) is 10.2 Å². The highest BCUT2D eigenvalue weighted by molar-refractivity contribution is 5.68. The molecule has 0 aliphatic carbocycles. The van der Waals surface area contributed by atoms with Gasteiger partial charge in [0.2, 0.25) is 0 Å². The van der Waals surface area contributed by atoms with E-state index in [4.69, 9.17) is 4.74 Å². The van der Waals surface area contributed by atoms with Gasteiger partial charge in [0.1, 0.15) is 5.60 Å². The SMILES string of the molecule is CCCC(NCC1=CCN(C(=O)OC(C)(C)C)CC1)c1ccccc1. The van der Waals surface area contributed by atoms with E-state index in [1.807, 2.05) is 20.8 Å². The van der Waals surface area contributed by atoms with Crippen LogP contribution in [0, 0.1) is 0 Å². The number of benzene rings is 1. The van der Waals surface area contributed by atoms with Crippen LogP contribution in [0.5, 0.6) is 0 Å². The fourth-order valence-corrected chi connectivity index (χ4v) is 2.98. The van der Waals surface area contributed by atoms with Gasteiger partial charge in [0.25, 0.3) is 0 Å². The molecule has 0 saturated carbocycles. The Hall–Kier alpha value is -1.81. The molecule has 2 rings (SSSR count). The molecule has 1 heterocycles. The number of rotatable bonds is 6. The van der Waals surface area contributed by atoms with Crippen molar-refractivity contribution in [3.05, 3.63) is 47.5 Å². The van der Waals surface area contributed by atoms with Gasteiger partial charge in [-0.3, -0.25) is 0 Å². The van der Waals surface area contributed by atoms with E-state index < -0.39 is 5.60 Å². The van der Waals surface area contributed by atoms with E-state index in [0.29, 0.717) is 12.6 Å². The summed E-state index contributed by atoms with van der Waals surface area (Å²) in [5.74, 6) is 0. The third-order valence-electron chi connectivity index (χ3n) is 4.31. The van der Waals surface area contributed by atoms with E-state index in [-0.39, 0.29) is 6.09 Å². The van der Waals surface area contributed by atoms with Gasteiger partial charge in [-0.1, -0.05) is 55.3 Å². The Morgan fingerprint density at radius 3 is 2.56 bits per heavy atom. The second kappa shape index (κ2) is 9.04. The fraction of sp³-hybridized carbons (Fsp3) is 0.571. The summed E-state index contributed by atoms with van der Waals surface area (Å²) in [4.78, 5) is 13.9. The van der Waals surface area contributed by atoms with E-state index in [1.54, 1.807) is 4.90 Å². The summed E-state index contributed by atoms with van der Waals surface area (Å²) in [6, 6.07) is 11.0. The van der Waals surface area contributed by atoms with Gasteiger partial charge in [-0.15, -0.1) is 0 Å². The molecule has 1 aromatic carbocycles. The molecule has 1 atom stereocenters. The summed E-state index contributed by atoms with van der Waals surface area (Å²) in [5, 5.41) is 3.69. The van der Waals surface area contributed by atoms with Crippen molar-refractivity contribution in [3.63, 3.8) is 0 Å². The molecule has 0 saturated heterocycles. The van der Waals surface area contributed by atoms with Gasteiger partial charge in [0.15, 0.2) is 0 Å². The average Bonchev–Trinajstić information content (AvgIpc) is 2.58. The molecular weight excluding hydrogens is 312 g/mol. The van der Waals surface area contributed by atoms with Crippen LogP contribution < -0.4 is 5.32 Å². The summed E-state index contributed by atoms with van der Waals surface area (Å²) >= 11 is 0. The molecule has 1 N–H and O–H groups in total. The van der Waals surface area contributed by atoms with Crippen LogP contribution in [0.25, 0.3) is 0 Å². The molecule has 25 heavy (non-hydrogen) atoms. The zero-order valence-corrected chi connectivity index (χ0v) is 16.0. The number of carbonyl (C=O) groups is 1. The minimum absolute atomic E-state index is 0.219. The lowest BCUT2D eigenvalue weighted by molar-refractivity contribution is 0.0265. The highest BCUT2D eigenvalue weighted by Gasteiger charge is 2.23. The Bertz CT molecular complexity index is 575. The minimum Gasteiger partial charge on any atom is -0.444 e. The van der Waals surface area contributed by atoms with E-state index in [1.165, 1.54) is 11.1 Å². The van der Waals surface area contributed by atoms with Crippen molar-refractivity contribution < 1.29 is 9.53 Å². The van der Waals surface area contributed by atoms with Gasteiger partial charge in [0.05, 0.1) is 0 Å². The van der Waals surface area contributed by atoms with Crippen molar-refractivity contribution in [2.45, 2.75) is 58.6 Å². The number of hydrogen-bond acceptors (Lipinski definition) is 3. The summed E-state index contributed by atoms with van der Waals surface area (Å²) in [6.45, 7) is 10.2. The molecular formula is C21H32N2O2. The van der Waals surface area contributed by atoms with Crippen LogP contribution in [-0.2, 0) is 4.74 Å². The summed E-state index contributed by atoms with van der Waals surface area (Å²) in [6.07, 6.45) is 5.12. The molecule has 0 bridgehead atoms. The van der Waals surface area contributed by atoms with Gasteiger partial charge in [-0.05, 0) is 39.2 Å². The predicted octanol–water partition coefficient (Wildman–Crippen LogP) is 4.68. The van der Waals surface area contributed by atoms with E-state index in [2.05, 4.69) is 48.6 Å². The van der Waals surface area contributed by atoms with Crippen LogP contribution >= 0.6 is 0 Å². The average molecular weight is 344 g/mol. The Kier molecular flexibility index (Phi) is 7.06. The highest BCUT2D eigenvalue weighted by Crippen LogP contribution is 2.20. The number of amides is 1. The van der Waals surface area contributed by atoms with Crippen LogP contribution in [0.1, 0.15) is 58.6 Å². The molecule has 0 fully saturated rings. The Labute approximate surface area is 152 Å². The molecule has 0 aromatic heterocycles. The Morgan fingerprint density at radius 2 is 2.00 bits per heavy atom. The minimum atomic E-state index is -0.439. The van der Waals surface area contributed by atoms with Gasteiger partial charge < -0.3 is 15.0 Å². The number of nitrogens with zero attached hydrogens (tertiary/aromatic N) is 1. The van der Waals surface area contributed by atoms with E-state index in [9.17, 15) is 4.79 Å². The molecule has 1 aliphatic heterocycles. The Morgan fingerprint density at radius 1 is 1.28 bits per heavy atom. The lowest BCUT2D eigenvalue weighted by atomic mass is 10.0. The van der Waals surface area contributed by atoms with Crippen molar-refractivity contribution in [3.8, 4) is 0 Å². The predicted molar refractivity (Wildman–Crippen MR) is 103 cm³/mol. The maximum absolute atomic E-state index is 12.1. The first-order chi connectivity index (χ1) is 11.9. The summed E-state index contributed by atoms with van der Waals surface area (Å²) < 4.78 is 5.44. The first-order valence-corrected chi connectivity index (χ1v) is 9.33. The van der Waals surface area contributed by atoms with E-state index >= 15 is 0 Å². The van der Waals surface area contributed by atoms with E-state index in [0.717, 1.165) is 32.4 Å². The molecule has 4 nitrogen and oxygen atoms in total. The summed E-state index contributed by atoms with van der Waals surface area (Å²) in [5.41, 5.74) is 2.28. The fourth-order valence-electron chi connectivity index (χ4n) is 2.98. The second-order valence-electron chi connectivity index (χ2n) is 7.67. The highest BCUT2D eigenvalue weighted by atomic mass is 16.6. The largest absolute Gasteiger partial charge is 0.444 e. The zero-order valence-electron chi connectivity index (χ0n) is 16.0. The molecule has 4 heteroatoms. The van der Waals surface area contributed by atoms with Crippen molar-refractivity contribution in [1.29, 1.82) is 0 Å². The van der Waals surface area contributed by atoms with Gasteiger partial charge in [-0.2, -0.15) is 0 Å². The topological polar surface area (TPSA) is 41.6 Å². The second-order valence-corrected chi connectivity index (χ2v) is 7.67. The molecule has 138 valence electrons. The van der Waals surface area contributed by atoms with Gasteiger partial charge in [-0.25, -0.2) is 4.79 Å². The number of hydrogen-bond donors (Lipinski definition) is 1. The molecule has 0 spiro atoms. The smallest absolute Gasteiger partial charge is 0.410 e. The van der Waals surface area contributed by atoms with Crippen LogP contribution in [0.3, 0.4) is 0 Å². The van der Waals surface area contributed by atoms with Gasteiger partial charge in [0, 0.05) is 25.7 Å². The van der Waals surface area contributed by atoms with Crippen LogP contribution in [-0.4, -0.2) is 36.2 Å². The molecule has 0 radical (unpaired) electrons. The third kappa shape index (κ3) is 6.54. The monoisotopic (exact) mass is 344 g/mol. The van der Waals surface area contributed by atoms with Crippen molar-refractivity contribution in [2.24, 2.45) is 0 Å². The standard InChI is InChI=1S/C21H32N2O2/c1-5-9-19(18-10-7-6-8-11-18)22-16-17-12-14-23(15-13-17)20(24)25-21(2,3)4/h6-8,10-12,19,22H,5,9,13-16H2,1-4H3. The maximum atomic E-state index is 12.1. The quantitative estimate of drug-likeness (QED) is 0.762. The molecule has 1 unspecified atom stereocenters. The first kappa shape index (κ1) is 19.5. The number of nitrogens with one attached hydrogen (secondary N) is 1. The van der Waals surface area contributed by atoms with Crippen LogP contribution in [0.4, 0.5) is 4.79 Å². The lowest BCUT2D eigenvalue weighted by Gasteiger charge is -2.30. The zero-order chi connectivity index (χ0) is 18.3. The normalized spacial score (nSPS) is 16.3. The number of ether oxygens (including phenoxy) is 1. The van der Waals surface area contributed by atoms with Crippen LogP contribution in [0.15, 0.2) is 42.0 Å². The maximum Gasteiger partial charge on any atom is 0.410 e. The molecule has 1 aliphatic rings. The van der Waals surface area contributed by atoms with Gasteiger partial charge >= 0.3 is 6.09 Å². The Balaban J connectivity index is 1.86. The van der Waals surface area contributed by atoms with Crippen molar-refractivity contribution >= 4 is 6.09 Å². The number of carbonyl (C=O) groups excluding carboxylic acids is 1. The molecule has 1 aromatic rings. The summed E-state index contributed by atoms with van der Waals surface area (Å²) in [7, 11) is 0. The third-order valence-corrected chi connectivity index (χ3v) is 4.31.